The second-order valence-corrected chi connectivity index (χ2v) is 6.01. The summed E-state index contributed by atoms with van der Waals surface area (Å²) in [7, 11) is 0. The second-order valence-electron chi connectivity index (χ2n) is 3.87. The molecule has 3 nitrogen and oxygen atoms in total. The largest absolute Gasteiger partial charge is 0.437 e. The van der Waals surface area contributed by atoms with Gasteiger partial charge in [-0.2, -0.15) is 4.98 Å². The smallest absolute Gasteiger partial charge is 0.223 e. The zero-order valence-electron chi connectivity index (χ0n) is 10.2. The third-order valence-electron chi connectivity index (χ3n) is 2.30. The van der Waals surface area contributed by atoms with Gasteiger partial charge < -0.3 is 4.74 Å². The van der Waals surface area contributed by atoms with E-state index in [1.807, 2.05) is 6.07 Å². The molecule has 0 aliphatic heterocycles. The van der Waals surface area contributed by atoms with Crippen LogP contribution in [0.4, 0.5) is 0 Å². The molecule has 0 saturated heterocycles. The van der Waals surface area contributed by atoms with E-state index in [2.05, 4.69) is 48.8 Å². The average Bonchev–Trinajstić information content (AvgIpc) is 2.32. The summed E-state index contributed by atoms with van der Waals surface area (Å²) >= 11 is 12.8. The van der Waals surface area contributed by atoms with Crippen molar-refractivity contribution in [2.75, 3.05) is 0 Å². The molecule has 0 bridgehead atoms. The maximum atomic E-state index is 6.11. The lowest BCUT2D eigenvalue weighted by atomic mass is 10.3. The Morgan fingerprint density at radius 1 is 1.21 bits per heavy atom. The molecule has 2 rings (SSSR count). The quantitative estimate of drug-likeness (QED) is 0.638. The minimum absolute atomic E-state index is 0.481. The fraction of sp³-hybridized carbons (Fsp3) is 0.231. The summed E-state index contributed by atoms with van der Waals surface area (Å²) in [5, 5.41) is 0.529. The minimum atomic E-state index is 0.481. The number of nitrogens with zero attached hydrogens (tertiary/aromatic N) is 2. The number of hydrogen-bond donors (Lipinski definition) is 0. The van der Waals surface area contributed by atoms with Gasteiger partial charge in [0.05, 0.1) is 5.02 Å². The van der Waals surface area contributed by atoms with Crippen LogP contribution in [0.5, 0.6) is 11.6 Å². The van der Waals surface area contributed by atoms with Crippen molar-refractivity contribution in [3.05, 3.63) is 44.2 Å². The van der Waals surface area contributed by atoms with Crippen LogP contribution in [-0.4, -0.2) is 9.97 Å². The Balaban J connectivity index is 2.27. The van der Waals surface area contributed by atoms with Crippen molar-refractivity contribution in [2.24, 2.45) is 0 Å². The van der Waals surface area contributed by atoms with E-state index in [1.165, 1.54) is 0 Å². The maximum absolute atomic E-state index is 6.11. The Morgan fingerprint density at radius 3 is 2.68 bits per heavy atom. The molecule has 0 unspecified atom stereocenters. The predicted octanol–water partition coefficient (Wildman–Crippen LogP) is 5.40. The van der Waals surface area contributed by atoms with Gasteiger partial charge in [0.25, 0.3) is 0 Å². The van der Waals surface area contributed by atoms with Crippen LogP contribution in [0.15, 0.2) is 33.3 Å². The van der Waals surface area contributed by atoms with Gasteiger partial charge in [0.15, 0.2) is 0 Å². The third kappa shape index (κ3) is 4.16. The summed E-state index contributed by atoms with van der Waals surface area (Å²) in [6, 6.07) is 7.16. The highest BCUT2D eigenvalue weighted by Crippen LogP contribution is 2.31. The summed E-state index contributed by atoms with van der Waals surface area (Å²) in [4.78, 5) is 8.64. The molecule has 100 valence electrons. The van der Waals surface area contributed by atoms with Crippen LogP contribution in [0.3, 0.4) is 0 Å². The summed E-state index contributed by atoms with van der Waals surface area (Å²) in [5.74, 6) is 1.80. The first kappa shape index (κ1) is 14.8. The average molecular weight is 407 g/mol. The molecule has 2 aromatic rings. The first-order valence-corrected chi connectivity index (χ1v) is 7.71. The van der Waals surface area contributed by atoms with E-state index >= 15 is 0 Å². The molecule has 0 aliphatic carbocycles. The Bertz CT molecular complexity index is 593. The van der Waals surface area contributed by atoms with E-state index in [1.54, 1.807) is 18.2 Å². The van der Waals surface area contributed by atoms with Gasteiger partial charge in [-0.25, -0.2) is 4.98 Å². The third-order valence-corrected chi connectivity index (χ3v) is 3.49. The Kier molecular flexibility index (Phi) is 5.19. The number of halogens is 3. The Morgan fingerprint density at radius 2 is 2.00 bits per heavy atom. The van der Waals surface area contributed by atoms with Crippen molar-refractivity contribution in [1.82, 2.24) is 9.97 Å². The molecule has 0 spiro atoms. The first-order chi connectivity index (χ1) is 9.08. The van der Waals surface area contributed by atoms with Crippen LogP contribution in [0.2, 0.25) is 5.02 Å². The highest BCUT2D eigenvalue weighted by atomic mass is 79.9. The van der Waals surface area contributed by atoms with Gasteiger partial charge in [-0.05, 0) is 40.5 Å². The highest BCUT2D eigenvalue weighted by Gasteiger charge is 2.08. The normalized spacial score (nSPS) is 10.5. The molecule has 1 aromatic heterocycles. The summed E-state index contributed by atoms with van der Waals surface area (Å²) in [6.07, 6.45) is 1.79. The monoisotopic (exact) mass is 404 g/mol. The SMILES string of the molecule is CCCc1nc(Br)cc(Oc2ccc(Br)cc2Cl)n1. The van der Waals surface area contributed by atoms with Crippen molar-refractivity contribution in [3.63, 3.8) is 0 Å². The van der Waals surface area contributed by atoms with Crippen LogP contribution >= 0.6 is 43.5 Å². The van der Waals surface area contributed by atoms with Crippen LogP contribution in [0.25, 0.3) is 0 Å². The van der Waals surface area contributed by atoms with Crippen molar-refractivity contribution in [2.45, 2.75) is 19.8 Å². The highest BCUT2D eigenvalue weighted by molar-refractivity contribution is 9.10. The fourth-order valence-corrected chi connectivity index (χ4v) is 2.61. The molecule has 1 heterocycles. The minimum Gasteiger partial charge on any atom is -0.437 e. The lowest BCUT2D eigenvalue weighted by Crippen LogP contribution is -1.98. The van der Waals surface area contributed by atoms with Crippen molar-refractivity contribution in [1.29, 1.82) is 0 Å². The molecule has 0 N–H and O–H groups in total. The van der Waals surface area contributed by atoms with Gasteiger partial charge in [-0.15, -0.1) is 0 Å². The second kappa shape index (κ2) is 6.68. The van der Waals surface area contributed by atoms with E-state index in [0.717, 1.165) is 23.1 Å². The number of rotatable bonds is 4. The molecule has 0 saturated carbocycles. The molecule has 0 atom stereocenters. The molecular formula is C13H11Br2ClN2O. The van der Waals surface area contributed by atoms with Gasteiger partial charge in [-0.1, -0.05) is 34.5 Å². The number of aromatic nitrogens is 2. The van der Waals surface area contributed by atoms with Gasteiger partial charge in [0.1, 0.15) is 16.2 Å². The van der Waals surface area contributed by atoms with Crippen molar-refractivity contribution < 1.29 is 4.74 Å². The van der Waals surface area contributed by atoms with Crippen molar-refractivity contribution in [3.8, 4) is 11.6 Å². The molecule has 1 aromatic carbocycles. The molecule has 0 aliphatic rings. The lowest BCUT2D eigenvalue weighted by molar-refractivity contribution is 0.457. The molecule has 0 fully saturated rings. The van der Waals surface area contributed by atoms with Gasteiger partial charge in [0, 0.05) is 17.0 Å². The molecule has 0 radical (unpaired) electrons. The maximum Gasteiger partial charge on any atom is 0.223 e. The van der Waals surface area contributed by atoms with Crippen LogP contribution in [-0.2, 0) is 6.42 Å². The summed E-state index contributed by atoms with van der Waals surface area (Å²) < 4.78 is 7.30. The topological polar surface area (TPSA) is 35.0 Å². The standard InChI is InChI=1S/C13H11Br2ClN2O/c1-2-3-12-17-11(15)7-13(18-12)19-10-5-4-8(14)6-9(10)16/h4-7H,2-3H2,1H3. The van der Waals surface area contributed by atoms with E-state index < -0.39 is 0 Å². The molecule has 0 amide bonds. The summed E-state index contributed by atoms with van der Waals surface area (Å²) in [6.45, 7) is 2.08. The molecule has 6 heteroatoms. The molecular weight excluding hydrogens is 395 g/mol. The predicted molar refractivity (Wildman–Crippen MR) is 83.0 cm³/mol. The number of aryl methyl sites for hydroxylation is 1. The Labute approximate surface area is 133 Å². The van der Waals surface area contributed by atoms with Gasteiger partial charge in [-0.3, -0.25) is 0 Å². The number of benzene rings is 1. The van der Waals surface area contributed by atoms with E-state index in [9.17, 15) is 0 Å². The lowest BCUT2D eigenvalue weighted by Gasteiger charge is -2.08. The van der Waals surface area contributed by atoms with Gasteiger partial charge in [0.2, 0.25) is 5.88 Å². The zero-order valence-corrected chi connectivity index (χ0v) is 14.1. The van der Waals surface area contributed by atoms with Gasteiger partial charge >= 0.3 is 0 Å². The molecule has 19 heavy (non-hydrogen) atoms. The first-order valence-electron chi connectivity index (χ1n) is 5.75. The summed E-state index contributed by atoms with van der Waals surface area (Å²) in [5.41, 5.74) is 0. The number of hydrogen-bond acceptors (Lipinski definition) is 3. The van der Waals surface area contributed by atoms with E-state index in [4.69, 9.17) is 16.3 Å². The fourth-order valence-electron chi connectivity index (χ4n) is 1.50. The van der Waals surface area contributed by atoms with Crippen LogP contribution < -0.4 is 4.74 Å². The van der Waals surface area contributed by atoms with Crippen LogP contribution in [0.1, 0.15) is 19.2 Å². The number of ether oxygens (including phenoxy) is 1. The Hall–Kier alpha value is -0.650. The van der Waals surface area contributed by atoms with Crippen LogP contribution in [0, 0.1) is 0 Å². The zero-order chi connectivity index (χ0) is 13.8. The van der Waals surface area contributed by atoms with Crippen molar-refractivity contribution >= 4 is 43.5 Å². The van der Waals surface area contributed by atoms with E-state index in [0.29, 0.717) is 21.3 Å². The van der Waals surface area contributed by atoms with E-state index in [-0.39, 0.29) is 0 Å².